The van der Waals surface area contributed by atoms with E-state index in [9.17, 15) is 15.0 Å². The molecule has 2 aromatic rings. The van der Waals surface area contributed by atoms with Crippen molar-refractivity contribution >= 4 is 23.1 Å². The molecule has 3 N–H and O–H groups in total. The number of methoxy groups -OCH3 is 1. The predicted molar refractivity (Wildman–Crippen MR) is 109 cm³/mol. The van der Waals surface area contributed by atoms with Crippen molar-refractivity contribution < 1.29 is 34.1 Å². The smallest absolute Gasteiger partial charge is 0.433 e. The number of rotatable bonds is 7. The summed E-state index contributed by atoms with van der Waals surface area (Å²) in [6.45, 7) is 3.25. The van der Waals surface area contributed by atoms with E-state index in [0.29, 0.717) is 30.1 Å². The van der Waals surface area contributed by atoms with Crippen LogP contribution in [0.4, 0.5) is 10.6 Å². The Morgan fingerprint density at radius 1 is 1.25 bits per heavy atom. The first-order valence-corrected chi connectivity index (χ1v) is 10.6. The van der Waals surface area contributed by atoms with Crippen LogP contribution in [0.1, 0.15) is 26.0 Å². The SMILES string of the molecule is CCOC(=O)ON1CCC(Nc2ncnc3c2ncn3[C@@H]2O[C@H](COC)[C@@H](O)[C@H]2O)CC1. The highest BCUT2D eigenvalue weighted by Crippen LogP contribution is 2.32. The first-order chi connectivity index (χ1) is 15.5. The fourth-order valence-electron chi connectivity index (χ4n) is 3.94. The maximum Gasteiger partial charge on any atom is 0.527 e. The molecule has 0 bridgehead atoms. The minimum Gasteiger partial charge on any atom is -0.433 e. The molecule has 0 spiro atoms. The Morgan fingerprint density at radius 3 is 2.75 bits per heavy atom. The Balaban J connectivity index is 1.43. The minimum atomic E-state index is -1.15. The number of anilines is 1. The number of aliphatic hydroxyl groups is 2. The molecule has 0 aliphatic carbocycles. The van der Waals surface area contributed by atoms with E-state index < -0.39 is 30.7 Å². The molecule has 0 aromatic carbocycles. The molecule has 4 atom stereocenters. The lowest BCUT2D eigenvalue weighted by Gasteiger charge is -2.30. The lowest BCUT2D eigenvalue weighted by atomic mass is 10.1. The molecule has 32 heavy (non-hydrogen) atoms. The van der Waals surface area contributed by atoms with Crippen molar-refractivity contribution in [2.45, 2.75) is 50.3 Å². The van der Waals surface area contributed by atoms with Gasteiger partial charge in [0, 0.05) is 26.2 Å². The van der Waals surface area contributed by atoms with Gasteiger partial charge in [-0.3, -0.25) is 4.57 Å². The van der Waals surface area contributed by atoms with Crippen LogP contribution in [-0.4, -0.2) is 98.7 Å². The van der Waals surface area contributed by atoms with Crippen LogP contribution in [0.3, 0.4) is 0 Å². The number of aliphatic hydroxyl groups excluding tert-OH is 2. The number of nitrogens with zero attached hydrogens (tertiary/aromatic N) is 5. The molecular formula is C19H28N6O7. The van der Waals surface area contributed by atoms with Crippen molar-refractivity contribution in [1.82, 2.24) is 24.6 Å². The van der Waals surface area contributed by atoms with Gasteiger partial charge in [-0.2, -0.15) is 0 Å². The Bertz CT molecular complexity index is 919. The van der Waals surface area contributed by atoms with E-state index in [1.165, 1.54) is 19.8 Å². The van der Waals surface area contributed by atoms with Gasteiger partial charge >= 0.3 is 6.16 Å². The van der Waals surface area contributed by atoms with Crippen molar-refractivity contribution in [3.8, 4) is 0 Å². The van der Waals surface area contributed by atoms with E-state index >= 15 is 0 Å². The Morgan fingerprint density at radius 2 is 2.03 bits per heavy atom. The number of carbonyl (C=O) groups is 1. The molecule has 2 aliphatic heterocycles. The topological polar surface area (TPSA) is 153 Å². The van der Waals surface area contributed by atoms with E-state index in [0.717, 1.165) is 12.8 Å². The molecule has 0 unspecified atom stereocenters. The van der Waals surface area contributed by atoms with Crippen LogP contribution in [0.15, 0.2) is 12.7 Å². The van der Waals surface area contributed by atoms with Crippen LogP contribution in [-0.2, 0) is 19.0 Å². The van der Waals surface area contributed by atoms with Crippen LogP contribution in [0.25, 0.3) is 11.2 Å². The maximum atomic E-state index is 11.5. The number of nitrogens with one attached hydrogen (secondary N) is 1. The number of hydroxylamine groups is 2. The van der Waals surface area contributed by atoms with Crippen LogP contribution < -0.4 is 5.32 Å². The Hall–Kier alpha value is -2.58. The Labute approximate surface area is 184 Å². The van der Waals surface area contributed by atoms with Gasteiger partial charge in [0.05, 0.1) is 19.5 Å². The van der Waals surface area contributed by atoms with E-state index in [1.807, 2.05) is 0 Å². The molecule has 4 heterocycles. The molecule has 176 valence electrons. The average molecular weight is 452 g/mol. The predicted octanol–water partition coefficient (Wildman–Crippen LogP) is 0.0563. The zero-order valence-electron chi connectivity index (χ0n) is 18.0. The van der Waals surface area contributed by atoms with E-state index in [1.54, 1.807) is 16.6 Å². The van der Waals surface area contributed by atoms with Gasteiger partial charge in [0.2, 0.25) is 0 Å². The second-order valence-corrected chi connectivity index (χ2v) is 7.67. The van der Waals surface area contributed by atoms with Crippen molar-refractivity contribution in [3.63, 3.8) is 0 Å². The van der Waals surface area contributed by atoms with Crippen LogP contribution >= 0.6 is 0 Å². The van der Waals surface area contributed by atoms with Gasteiger partial charge in [-0.15, -0.1) is 5.06 Å². The average Bonchev–Trinajstić information content (AvgIpc) is 3.33. The summed E-state index contributed by atoms with van der Waals surface area (Å²) in [6, 6.07) is 0.0986. The van der Waals surface area contributed by atoms with Gasteiger partial charge in [0.25, 0.3) is 0 Å². The minimum absolute atomic E-state index is 0.0986. The lowest BCUT2D eigenvalue weighted by molar-refractivity contribution is -0.137. The molecule has 0 saturated carbocycles. The normalized spacial score (nSPS) is 27.0. The van der Waals surface area contributed by atoms with Gasteiger partial charge < -0.3 is 34.6 Å². The summed E-state index contributed by atoms with van der Waals surface area (Å²) in [5.74, 6) is 0.556. The van der Waals surface area contributed by atoms with Gasteiger partial charge in [-0.05, 0) is 19.8 Å². The lowest BCUT2D eigenvalue weighted by Crippen LogP contribution is -2.40. The molecule has 13 heteroatoms. The highest BCUT2D eigenvalue weighted by molar-refractivity contribution is 5.82. The molecule has 0 amide bonds. The quantitative estimate of drug-likeness (QED) is 0.487. The monoisotopic (exact) mass is 452 g/mol. The third-order valence-electron chi connectivity index (χ3n) is 5.56. The zero-order valence-corrected chi connectivity index (χ0v) is 18.0. The summed E-state index contributed by atoms with van der Waals surface area (Å²) < 4.78 is 17.2. The summed E-state index contributed by atoms with van der Waals surface area (Å²) in [7, 11) is 1.50. The fourth-order valence-corrected chi connectivity index (χ4v) is 3.94. The number of carbonyl (C=O) groups excluding carboxylic acids is 1. The summed E-state index contributed by atoms with van der Waals surface area (Å²) in [6.07, 6.45) is -0.0674. The highest BCUT2D eigenvalue weighted by Gasteiger charge is 2.44. The number of ether oxygens (including phenoxy) is 3. The van der Waals surface area contributed by atoms with E-state index in [2.05, 4.69) is 20.3 Å². The first-order valence-electron chi connectivity index (χ1n) is 10.6. The fraction of sp³-hybridized carbons (Fsp3) is 0.684. The van der Waals surface area contributed by atoms with Crippen LogP contribution in [0, 0.1) is 0 Å². The van der Waals surface area contributed by atoms with Crippen LogP contribution in [0.5, 0.6) is 0 Å². The molecule has 13 nitrogen and oxygen atoms in total. The second kappa shape index (κ2) is 9.92. The van der Waals surface area contributed by atoms with Crippen molar-refractivity contribution in [2.75, 3.05) is 38.7 Å². The second-order valence-electron chi connectivity index (χ2n) is 7.67. The first kappa shape index (κ1) is 22.6. The maximum absolute atomic E-state index is 11.5. The molecule has 2 fully saturated rings. The number of imidazole rings is 1. The summed E-state index contributed by atoms with van der Waals surface area (Å²) in [5.41, 5.74) is 0.998. The van der Waals surface area contributed by atoms with Crippen molar-refractivity contribution in [2.24, 2.45) is 0 Å². The molecule has 4 rings (SSSR count). The van der Waals surface area contributed by atoms with Gasteiger partial charge in [-0.25, -0.2) is 19.7 Å². The molecule has 2 aliphatic rings. The third kappa shape index (κ3) is 4.61. The molecule has 2 aromatic heterocycles. The number of aromatic nitrogens is 4. The number of piperidine rings is 1. The highest BCUT2D eigenvalue weighted by atomic mass is 16.8. The Kier molecular flexibility index (Phi) is 7.01. The van der Waals surface area contributed by atoms with Crippen molar-refractivity contribution in [1.29, 1.82) is 0 Å². The van der Waals surface area contributed by atoms with Crippen LogP contribution in [0.2, 0.25) is 0 Å². The molecule has 0 radical (unpaired) electrons. The van der Waals surface area contributed by atoms with Gasteiger partial charge in [0.15, 0.2) is 23.2 Å². The van der Waals surface area contributed by atoms with Crippen molar-refractivity contribution in [3.05, 3.63) is 12.7 Å². The summed E-state index contributed by atoms with van der Waals surface area (Å²) in [5, 5.41) is 25.6. The summed E-state index contributed by atoms with van der Waals surface area (Å²) >= 11 is 0. The van der Waals surface area contributed by atoms with Gasteiger partial charge in [-0.1, -0.05) is 0 Å². The van der Waals surface area contributed by atoms with E-state index in [-0.39, 0.29) is 19.3 Å². The molecule has 2 saturated heterocycles. The largest absolute Gasteiger partial charge is 0.527 e. The number of hydrogen-bond donors (Lipinski definition) is 3. The summed E-state index contributed by atoms with van der Waals surface area (Å²) in [4.78, 5) is 29.6. The third-order valence-corrected chi connectivity index (χ3v) is 5.56. The van der Waals surface area contributed by atoms with E-state index in [4.69, 9.17) is 19.0 Å². The number of fused-ring (bicyclic) bond motifs is 1. The number of hydrogen-bond acceptors (Lipinski definition) is 12. The van der Waals surface area contributed by atoms with Gasteiger partial charge in [0.1, 0.15) is 24.6 Å². The standard InChI is InChI=1S/C19H28N6O7/c1-3-30-19(28)32-24-6-4-11(5-7-24)23-16-13-17(21-9-20-16)25(10-22-13)18-15(27)14(26)12(31-18)8-29-2/h9-12,14-15,18,26-27H,3-8H2,1-2H3,(H,20,21,23)/t12-,14-,15-,18-/m1/s1. The zero-order chi connectivity index (χ0) is 22.7. The molecular weight excluding hydrogens is 424 g/mol.